The van der Waals surface area contributed by atoms with Crippen LogP contribution in [0.3, 0.4) is 0 Å². The minimum absolute atomic E-state index is 0.170. The molecule has 4 aromatic rings. The molecule has 1 heterocycles. The van der Waals surface area contributed by atoms with E-state index in [1.54, 1.807) is 38.5 Å². The van der Waals surface area contributed by atoms with Gasteiger partial charge in [-0.2, -0.15) is 0 Å². The quantitative estimate of drug-likeness (QED) is 0.377. The number of benzene rings is 3. The lowest BCUT2D eigenvalue weighted by Crippen LogP contribution is -2.30. The van der Waals surface area contributed by atoms with Crippen molar-refractivity contribution in [3.8, 4) is 17.2 Å². The van der Waals surface area contributed by atoms with Crippen LogP contribution in [0, 0.1) is 0 Å². The predicted molar refractivity (Wildman–Crippen MR) is 137 cm³/mol. The van der Waals surface area contributed by atoms with E-state index in [1.165, 1.54) is 11.7 Å². The number of hydrogen-bond donors (Lipinski definition) is 2. The van der Waals surface area contributed by atoms with Crippen molar-refractivity contribution in [3.05, 3.63) is 88.7 Å². The summed E-state index contributed by atoms with van der Waals surface area (Å²) >= 11 is 0. The van der Waals surface area contributed by atoms with Gasteiger partial charge >= 0.3 is 0 Å². The number of amides is 1. The number of carbonyl (C=O) groups is 1. The third-order valence-electron chi connectivity index (χ3n) is 5.63. The Morgan fingerprint density at radius 1 is 0.857 bits per heavy atom. The van der Waals surface area contributed by atoms with E-state index in [-0.39, 0.29) is 18.0 Å². The number of rotatable bonds is 9. The van der Waals surface area contributed by atoms with Gasteiger partial charge in [-0.3, -0.25) is 14.2 Å². The third kappa shape index (κ3) is 5.38. The van der Waals surface area contributed by atoms with Crippen LogP contribution >= 0.6 is 0 Å². The number of para-hydroxylation sites is 2. The van der Waals surface area contributed by atoms with Gasteiger partial charge in [-0.25, -0.2) is 0 Å². The fraction of sp³-hybridized carbons (Fsp3) is 0.185. The van der Waals surface area contributed by atoms with Crippen molar-refractivity contribution in [2.75, 3.05) is 32.0 Å². The molecule has 2 N–H and O–H groups in total. The molecule has 3 aromatic carbocycles. The molecule has 0 spiro atoms. The highest BCUT2D eigenvalue weighted by Gasteiger charge is 2.15. The minimum Gasteiger partial charge on any atom is -0.497 e. The van der Waals surface area contributed by atoms with E-state index >= 15 is 0 Å². The number of ether oxygens (including phenoxy) is 3. The topological polar surface area (TPSA) is 90.8 Å². The standard InChI is InChI=1S/C27H27N3O5/c1-33-21-12-9-20(10-13-21)28-16-19-14-18-8-11-22(34-2)15-24(18)30(27(19)32)17-26(31)29-23-6-4-5-7-25(23)35-3/h4-15,28H,16-17H2,1-3H3,(H,29,31). The van der Waals surface area contributed by atoms with Gasteiger partial charge in [0.2, 0.25) is 5.91 Å². The van der Waals surface area contributed by atoms with Crippen LogP contribution in [0.1, 0.15) is 5.56 Å². The van der Waals surface area contributed by atoms with Gasteiger partial charge in [0.1, 0.15) is 23.8 Å². The van der Waals surface area contributed by atoms with Crippen molar-refractivity contribution >= 4 is 28.2 Å². The van der Waals surface area contributed by atoms with E-state index in [2.05, 4.69) is 10.6 Å². The number of aromatic nitrogens is 1. The van der Waals surface area contributed by atoms with Crippen molar-refractivity contribution < 1.29 is 19.0 Å². The van der Waals surface area contributed by atoms with E-state index in [4.69, 9.17) is 14.2 Å². The second kappa shape index (κ2) is 10.6. The van der Waals surface area contributed by atoms with Gasteiger partial charge in [-0.1, -0.05) is 12.1 Å². The zero-order valence-corrected chi connectivity index (χ0v) is 19.8. The fourth-order valence-electron chi connectivity index (χ4n) is 3.81. The molecule has 4 rings (SSSR count). The summed E-state index contributed by atoms with van der Waals surface area (Å²) in [5.41, 5.74) is 2.26. The van der Waals surface area contributed by atoms with Gasteiger partial charge in [0.25, 0.3) is 5.56 Å². The first kappa shape index (κ1) is 23.7. The highest BCUT2D eigenvalue weighted by atomic mass is 16.5. The van der Waals surface area contributed by atoms with Crippen LogP contribution in [-0.2, 0) is 17.9 Å². The molecule has 8 nitrogen and oxygen atoms in total. The van der Waals surface area contributed by atoms with Gasteiger partial charge in [0.05, 0.1) is 32.5 Å². The zero-order valence-electron chi connectivity index (χ0n) is 19.8. The Bertz CT molecular complexity index is 1400. The summed E-state index contributed by atoms with van der Waals surface area (Å²) in [6.07, 6.45) is 0. The predicted octanol–water partition coefficient (Wildman–Crippen LogP) is 4.28. The van der Waals surface area contributed by atoms with E-state index in [1.807, 2.05) is 48.5 Å². The number of methoxy groups -OCH3 is 3. The Hall–Kier alpha value is -4.46. The molecule has 0 saturated carbocycles. The lowest BCUT2D eigenvalue weighted by Gasteiger charge is -2.15. The molecule has 0 atom stereocenters. The second-order valence-corrected chi connectivity index (χ2v) is 7.82. The summed E-state index contributed by atoms with van der Waals surface area (Å²) < 4.78 is 17.3. The number of hydrogen-bond acceptors (Lipinski definition) is 6. The van der Waals surface area contributed by atoms with Gasteiger partial charge in [-0.15, -0.1) is 0 Å². The number of nitrogens with zero attached hydrogens (tertiary/aromatic N) is 1. The number of fused-ring (bicyclic) bond motifs is 1. The molecule has 180 valence electrons. The Morgan fingerprint density at radius 2 is 1.57 bits per heavy atom. The minimum atomic E-state index is -0.346. The van der Waals surface area contributed by atoms with Crippen LogP contribution in [0.5, 0.6) is 17.2 Å². The summed E-state index contributed by atoms with van der Waals surface area (Å²) in [5.74, 6) is 1.54. The molecular formula is C27H27N3O5. The first-order valence-corrected chi connectivity index (χ1v) is 11.0. The van der Waals surface area contributed by atoms with Crippen LogP contribution < -0.4 is 30.4 Å². The summed E-state index contributed by atoms with van der Waals surface area (Å²) in [7, 11) is 4.71. The number of pyridine rings is 1. The molecule has 0 radical (unpaired) electrons. The summed E-state index contributed by atoms with van der Waals surface area (Å²) in [6, 6.07) is 21.9. The summed E-state index contributed by atoms with van der Waals surface area (Å²) in [5, 5.41) is 6.92. The Kier molecular flexibility index (Phi) is 7.21. The molecule has 0 fully saturated rings. The smallest absolute Gasteiger partial charge is 0.256 e. The molecule has 0 aliphatic heterocycles. The Labute approximate surface area is 203 Å². The average Bonchev–Trinajstić information content (AvgIpc) is 2.89. The van der Waals surface area contributed by atoms with E-state index in [9.17, 15) is 9.59 Å². The van der Waals surface area contributed by atoms with Crippen molar-refractivity contribution in [3.63, 3.8) is 0 Å². The Balaban J connectivity index is 1.66. The van der Waals surface area contributed by atoms with Crippen molar-refractivity contribution in [1.82, 2.24) is 4.57 Å². The van der Waals surface area contributed by atoms with Crippen molar-refractivity contribution in [2.24, 2.45) is 0 Å². The molecule has 1 aromatic heterocycles. The van der Waals surface area contributed by atoms with Crippen LogP contribution in [0.15, 0.2) is 77.6 Å². The first-order chi connectivity index (χ1) is 17.0. The third-order valence-corrected chi connectivity index (χ3v) is 5.63. The highest BCUT2D eigenvalue weighted by Crippen LogP contribution is 2.24. The molecular weight excluding hydrogens is 446 g/mol. The van der Waals surface area contributed by atoms with Crippen LogP contribution in [-0.4, -0.2) is 31.8 Å². The van der Waals surface area contributed by atoms with Crippen LogP contribution in [0.2, 0.25) is 0 Å². The van der Waals surface area contributed by atoms with Gasteiger partial charge in [0.15, 0.2) is 0 Å². The van der Waals surface area contributed by atoms with Gasteiger partial charge < -0.3 is 24.8 Å². The SMILES string of the molecule is COc1ccc(NCc2cc3ccc(OC)cc3n(CC(=O)Nc3ccccc3OC)c2=O)cc1. The second-order valence-electron chi connectivity index (χ2n) is 7.82. The Morgan fingerprint density at radius 3 is 2.29 bits per heavy atom. The number of anilines is 2. The first-order valence-electron chi connectivity index (χ1n) is 11.0. The van der Waals surface area contributed by atoms with Crippen LogP contribution in [0.4, 0.5) is 11.4 Å². The summed E-state index contributed by atoms with van der Waals surface area (Å²) in [6.45, 7) is 0.123. The zero-order chi connectivity index (χ0) is 24.8. The molecule has 1 amide bonds. The number of carbonyl (C=O) groups excluding carboxylic acids is 1. The summed E-state index contributed by atoms with van der Waals surface area (Å²) in [4.78, 5) is 26.4. The lowest BCUT2D eigenvalue weighted by molar-refractivity contribution is -0.116. The van der Waals surface area contributed by atoms with Gasteiger partial charge in [-0.05, 0) is 60.0 Å². The largest absolute Gasteiger partial charge is 0.497 e. The maximum absolute atomic E-state index is 13.5. The molecule has 8 heteroatoms. The van der Waals surface area contributed by atoms with Gasteiger partial charge in [0, 0.05) is 23.9 Å². The molecule has 0 saturated heterocycles. The van der Waals surface area contributed by atoms with Crippen molar-refractivity contribution in [2.45, 2.75) is 13.1 Å². The highest BCUT2D eigenvalue weighted by molar-refractivity contribution is 5.93. The fourth-order valence-corrected chi connectivity index (χ4v) is 3.81. The van der Waals surface area contributed by atoms with Crippen molar-refractivity contribution in [1.29, 1.82) is 0 Å². The van der Waals surface area contributed by atoms with E-state index < -0.39 is 0 Å². The molecule has 0 aliphatic rings. The molecule has 0 bridgehead atoms. The monoisotopic (exact) mass is 473 g/mol. The molecule has 35 heavy (non-hydrogen) atoms. The molecule has 0 aliphatic carbocycles. The van der Waals surface area contributed by atoms with E-state index in [0.717, 1.165) is 16.8 Å². The maximum Gasteiger partial charge on any atom is 0.256 e. The average molecular weight is 474 g/mol. The molecule has 0 unspecified atom stereocenters. The lowest BCUT2D eigenvalue weighted by atomic mass is 10.1. The van der Waals surface area contributed by atoms with Crippen LogP contribution in [0.25, 0.3) is 10.9 Å². The maximum atomic E-state index is 13.5. The van der Waals surface area contributed by atoms with E-state index in [0.29, 0.717) is 34.8 Å². The normalized spacial score (nSPS) is 10.6. The number of nitrogens with one attached hydrogen (secondary N) is 2.